The van der Waals surface area contributed by atoms with Crippen LogP contribution in [-0.4, -0.2) is 39.1 Å². The zero-order valence-electron chi connectivity index (χ0n) is 11.8. The SMILES string of the molecule is CC1CCCCN1CCOc1ccc(S(N)(=O)=O)cc1. The van der Waals surface area contributed by atoms with E-state index in [4.69, 9.17) is 9.88 Å². The van der Waals surface area contributed by atoms with Gasteiger partial charge in [-0.1, -0.05) is 6.42 Å². The standard InChI is InChI=1S/C14H22N2O3S/c1-12-4-2-3-9-16(12)10-11-19-13-5-7-14(8-6-13)20(15,17)18/h5-8,12H,2-4,9-11H2,1H3,(H2,15,17,18). The van der Waals surface area contributed by atoms with Crippen LogP contribution < -0.4 is 9.88 Å². The second kappa shape index (κ2) is 6.56. The Morgan fingerprint density at radius 1 is 1.30 bits per heavy atom. The van der Waals surface area contributed by atoms with Gasteiger partial charge in [0.2, 0.25) is 10.0 Å². The Hall–Kier alpha value is -1.11. The number of sulfonamides is 1. The van der Waals surface area contributed by atoms with Gasteiger partial charge in [0.05, 0.1) is 4.90 Å². The average molecular weight is 298 g/mol. The van der Waals surface area contributed by atoms with Crippen molar-refractivity contribution in [2.24, 2.45) is 5.14 Å². The number of nitrogens with zero attached hydrogens (tertiary/aromatic N) is 1. The van der Waals surface area contributed by atoms with Gasteiger partial charge in [-0.15, -0.1) is 0 Å². The van der Waals surface area contributed by atoms with Gasteiger partial charge in [0.25, 0.3) is 0 Å². The molecular formula is C14H22N2O3S. The van der Waals surface area contributed by atoms with Crippen molar-refractivity contribution in [1.29, 1.82) is 0 Å². The molecule has 2 N–H and O–H groups in total. The van der Waals surface area contributed by atoms with E-state index in [2.05, 4.69) is 11.8 Å². The molecular weight excluding hydrogens is 276 g/mol. The summed E-state index contributed by atoms with van der Waals surface area (Å²) in [6.45, 7) is 4.89. The molecule has 5 nitrogen and oxygen atoms in total. The molecule has 2 rings (SSSR count). The highest BCUT2D eigenvalue weighted by atomic mass is 32.2. The van der Waals surface area contributed by atoms with Crippen LogP contribution in [0, 0.1) is 0 Å². The van der Waals surface area contributed by atoms with Gasteiger partial charge in [-0.2, -0.15) is 0 Å². The number of piperidine rings is 1. The van der Waals surface area contributed by atoms with Gasteiger partial charge in [-0.25, -0.2) is 13.6 Å². The zero-order chi connectivity index (χ0) is 14.6. The summed E-state index contributed by atoms with van der Waals surface area (Å²) >= 11 is 0. The minimum atomic E-state index is -3.63. The molecule has 0 amide bonds. The molecule has 1 heterocycles. The molecule has 1 aliphatic rings. The van der Waals surface area contributed by atoms with Crippen molar-refractivity contribution < 1.29 is 13.2 Å². The maximum absolute atomic E-state index is 11.1. The molecule has 1 unspecified atom stereocenters. The van der Waals surface area contributed by atoms with E-state index in [1.165, 1.54) is 31.4 Å². The molecule has 1 atom stereocenters. The molecule has 20 heavy (non-hydrogen) atoms. The highest BCUT2D eigenvalue weighted by Crippen LogP contribution is 2.17. The van der Waals surface area contributed by atoms with Crippen molar-refractivity contribution in [2.45, 2.75) is 37.1 Å². The Balaban J connectivity index is 1.82. The van der Waals surface area contributed by atoms with Gasteiger partial charge in [0.15, 0.2) is 0 Å². The van der Waals surface area contributed by atoms with Crippen molar-refractivity contribution in [3.63, 3.8) is 0 Å². The zero-order valence-corrected chi connectivity index (χ0v) is 12.6. The third-order valence-electron chi connectivity index (χ3n) is 3.74. The Morgan fingerprint density at radius 3 is 2.60 bits per heavy atom. The fourth-order valence-electron chi connectivity index (χ4n) is 2.50. The van der Waals surface area contributed by atoms with Gasteiger partial charge in [0, 0.05) is 12.6 Å². The Kier molecular flexibility index (Phi) is 5.01. The lowest BCUT2D eigenvalue weighted by Crippen LogP contribution is -2.39. The van der Waals surface area contributed by atoms with Crippen molar-refractivity contribution in [1.82, 2.24) is 4.90 Å². The Labute approximate surface area is 120 Å². The second-order valence-electron chi connectivity index (χ2n) is 5.25. The number of nitrogens with two attached hydrogens (primary N) is 1. The summed E-state index contributed by atoms with van der Waals surface area (Å²) in [4.78, 5) is 2.54. The molecule has 0 aromatic heterocycles. The van der Waals surface area contributed by atoms with E-state index in [1.807, 2.05) is 0 Å². The monoisotopic (exact) mass is 298 g/mol. The van der Waals surface area contributed by atoms with Crippen LogP contribution in [0.1, 0.15) is 26.2 Å². The van der Waals surface area contributed by atoms with Crippen LogP contribution in [0.2, 0.25) is 0 Å². The van der Waals surface area contributed by atoms with Crippen LogP contribution in [-0.2, 0) is 10.0 Å². The molecule has 6 heteroatoms. The predicted octanol–water partition coefficient (Wildman–Crippen LogP) is 1.59. The molecule has 0 spiro atoms. The normalized spacial score (nSPS) is 20.8. The number of hydrogen-bond acceptors (Lipinski definition) is 4. The first kappa shape index (κ1) is 15.3. The Morgan fingerprint density at radius 2 is 2.00 bits per heavy atom. The fraction of sp³-hybridized carbons (Fsp3) is 0.571. The van der Waals surface area contributed by atoms with Crippen molar-refractivity contribution in [3.8, 4) is 5.75 Å². The first-order valence-corrected chi connectivity index (χ1v) is 8.51. The summed E-state index contributed by atoms with van der Waals surface area (Å²) in [6.07, 6.45) is 3.82. The number of ether oxygens (including phenoxy) is 1. The third kappa shape index (κ3) is 4.19. The van der Waals surface area contributed by atoms with E-state index >= 15 is 0 Å². The Bertz CT molecular complexity index is 528. The van der Waals surface area contributed by atoms with Gasteiger partial charge in [-0.3, -0.25) is 4.90 Å². The molecule has 0 saturated carbocycles. The van der Waals surface area contributed by atoms with Crippen LogP contribution in [0.3, 0.4) is 0 Å². The summed E-state index contributed by atoms with van der Waals surface area (Å²) in [5.41, 5.74) is 0. The quantitative estimate of drug-likeness (QED) is 0.896. The maximum atomic E-state index is 11.1. The van der Waals surface area contributed by atoms with Gasteiger partial charge in [-0.05, 0) is 50.6 Å². The van der Waals surface area contributed by atoms with E-state index in [1.54, 1.807) is 12.1 Å². The minimum absolute atomic E-state index is 0.106. The molecule has 0 radical (unpaired) electrons. The molecule has 1 fully saturated rings. The topological polar surface area (TPSA) is 72.6 Å². The lowest BCUT2D eigenvalue weighted by atomic mass is 10.0. The fourth-order valence-corrected chi connectivity index (χ4v) is 3.01. The van der Waals surface area contributed by atoms with Crippen molar-refractivity contribution in [2.75, 3.05) is 19.7 Å². The largest absolute Gasteiger partial charge is 0.492 e. The molecule has 1 aromatic carbocycles. The molecule has 0 bridgehead atoms. The van der Waals surface area contributed by atoms with Crippen LogP contribution >= 0.6 is 0 Å². The summed E-state index contributed by atoms with van der Waals surface area (Å²) in [7, 11) is -3.63. The van der Waals surface area contributed by atoms with Crippen LogP contribution in [0.5, 0.6) is 5.75 Å². The second-order valence-corrected chi connectivity index (χ2v) is 6.81. The minimum Gasteiger partial charge on any atom is -0.492 e. The number of hydrogen-bond donors (Lipinski definition) is 1. The van der Waals surface area contributed by atoms with Crippen molar-refractivity contribution in [3.05, 3.63) is 24.3 Å². The summed E-state index contributed by atoms with van der Waals surface area (Å²) in [5.74, 6) is 0.669. The maximum Gasteiger partial charge on any atom is 0.238 e. The first-order valence-electron chi connectivity index (χ1n) is 6.96. The molecule has 1 aliphatic heterocycles. The lowest BCUT2D eigenvalue weighted by molar-refractivity contribution is 0.133. The van der Waals surface area contributed by atoms with Crippen LogP contribution in [0.25, 0.3) is 0 Å². The van der Waals surface area contributed by atoms with E-state index < -0.39 is 10.0 Å². The van der Waals surface area contributed by atoms with Crippen LogP contribution in [0.4, 0.5) is 0 Å². The molecule has 1 saturated heterocycles. The van der Waals surface area contributed by atoms with Crippen molar-refractivity contribution >= 4 is 10.0 Å². The number of rotatable bonds is 5. The molecule has 0 aliphatic carbocycles. The number of likely N-dealkylation sites (tertiary alicyclic amines) is 1. The summed E-state index contributed by atoms with van der Waals surface area (Å²) in [6, 6.07) is 6.83. The molecule has 1 aromatic rings. The van der Waals surface area contributed by atoms with E-state index in [-0.39, 0.29) is 4.90 Å². The van der Waals surface area contributed by atoms with E-state index in [9.17, 15) is 8.42 Å². The van der Waals surface area contributed by atoms with Gasteiger partial charge < -0.3 is 4.74 Å². The lowest BCUT2D eigenvalue weighted by Gasteiger charge is -2.33. The van der Waals surface area contributed by atoms with Gasteiger partial charge >= 0.3 is 0 Å². The van der Waals surface area contributed by atoms with Crippen LogP contribution in [0.15, 0.2) is 29.2 Å². The smallest absolute Gasteiger partial charge is 0.238 e. The average Bonchev–Trinajstić information content (AvgIpc) is 2.40. The predicted molar refractivity (Wildman–Crippen MR) is 78.2 cm³/mol. The summed E-state index contributed by atoms with van der Waals surface area (Å²) in [5, 5.41) is 5.04. The number of primary sulfonamides is 1. The first-order chi connectivity index (χ1) is 9.47. The van der Waals surface area contributed by atoms with E-state index in [0.29, 0.717) is 18.4 Å². The van der Waals surface area contributed by atoms with E-state index in [0.717, 1.165) is 13.1 Å². The summed E-state index contributed by atoms with van der Waals surface area (Å²) < 4.78 is 27.9. The molecule has 112 valence electrons. The highest BCUT2D eigenvalue weighted by Gasteiger charge is 2.17. The third-order valence-corrected chi connectivity index (χ3v) is 4.67. The highest BCUT2D eigenvalue weighted by molar-refractivity contribution is 7.89. The number of benzene rings is 1. The van der Waals surface area contributed by atoms with Gasteiger partial charge in [0.1, 0.15) is 12.4 Å².